The molecule has 1 amide bonds. The van der Waals surface area contributed by atoms with Crippen LogP contribution in [0.5, 0.6) is 5.75 Å². The number of hydrogen-bond acceptors (Lipinski definition) is 2. The van der Waals surface area contributed by atoms with Gasteiger partial charge in [0.05, 0.1) is 18.7 Å². The molecule has 17 heavy (non-hydrogen) atoms. The predicted octanol–water partition coefficient (Wildman–Crippen LogP) is 1.71. The molecule has 0 aliphatic heterocycles. The highest BCUT2D eigenvalue weighted by atomic mass is 19.1. The molecule has 0 atom stereocenters. The summed E-state index contributed by atoms with van der Waals surface area (Å²) in [6.45, 7) is 3.98. The number of halogens is 1. The number of ether oxygens (including phenoxy) is 1. The van der Waals surface area contributed by atoms with Crippen molar-refractivity contribution in [1.29, 1.82) is 0 Å². The zero-order valence-corrected chi connectivity index (χ0v) is 9.84. The van der Waals surface area contributed by atoms with Crippen LogP contribution in [0.15, 0.2) is 18.2 Å². The summed E-state index contributed by atoms with van der Waals surface area (Å²) in [4.78, 5) is 10.6. The van der Waals surface area contributed by atoms with Crippen molar-refractivity contribution in [2.75, 3.05) is 13.2 Å². The fraction of sp³-hybridized carbons (Fsp3) is 0.308. The number of rotatable bonds is 3. The van der Waals surface area contributed by atoms with Gasteiger partial charge < -0.3 is 10.1 Å². The average molecular weight is 235 g/mol. The second-order valence-electron chi connectivity index (χ2n) is 3.29. The predicted molar refractivity (Wildman–Crippen MR) is 63.1 cm³/mol. The van der Waals surface area contributed by atoms with E-state index < -0.39 is 0 Å². The number of amides is 1. The molecule has 0 fully saturated rings. The van der Waals surface area contributed by atoms with Crippen LogP contribution in [0.2, 0.25) is 0 Å². The Labute approximate surface area is 100.0 Å². The Bertz CT molecular complexity index is 460. The summed E-state index contributed by atoms with van der Waals surface area (Å²) in [5.41, 5.74) is 0.484. The van der Waals surface area contributed by atoms with Gasteiger partial charge in [0.25, 0.3) is 0 Å². The summed E-state index contributed by atoms with van der Waals surface area (Å²) in [6, 6.07) is 4.18. The van der Waals surface area contributed by atoms with Crippen molar-refractivity contribution in [3.63, 3.8) is 0 Å². The van der Waals surface area contributed by atoms with E-state index in [-0.39, 0.29) is 18.3 Å². The van der Waals surface area contributed by atoms with Gasteiger partial charge >= 0.3 is 0 Å². The molecule has 90 valence electrons. The summed E-state index contributed by atoms with van der Waals surface area (Å²) in [7, 11) is 0. The number of carbonyl (C=O) groups is 1. The molecular formula is C13H14FNO2. The standard InChI is InChI=1S/C13H14FNO2/c1-3-17-13-7-6-12(14)9-11(13)5-4-8-15-10(2)16/h6-7,9H,3,8H2,1-2H3,(H,15,16). The molecule has 0 aromatic heterocycles. The molecule has 0 heterocycles. The highest BCUT2D eigenvalue weighted by Gasteiger charge is 2.01. The topological polar surface area (TPSA) is 38.3 Å². The van der Waals surface area contributed by atoms with Crippen molar-refractivity contribution < 1.29 is 13.9 Å². The number of benzene rings is 1. The highest BCUT2D eigenvalue weighted by Crippen LogP contribution is 2.18. The molecule has 0 aliphatic rings. The van der Waals surface area contributed by atoms with Gasteiger partial charge in [-0.25, -0.2) is 4.39 Å². The van der Waals surface area contributed by atoms with Gasteiger partial charge in [0.2, 0.25) is 5.91 Å². The third-order valence-electron chi connectivity index (χ3n) is 1.89. The van der Waals surface area contributed by atoms with Crippen molar-refractivity contribution in [2.24, 2.45) is 0 Å². The van der Waals surface area contributed by atoms with Crippen LogP contribution >= 0.6 is 0 Å². The summed E-state index contributed by atoms with van der Waals surface area (Å²) in [5.74, 6) is 5.53. The molecule has 0 saturated carbocycles. The van der Waals surface area contributed by atoms with Gasteiger partial charge in [0.15, 0.2) is 0 Å². The molecule has 1 aromatic carbocycles. The van der Waals surface area contributed by atoms with E-state index in [1.54, 1.807) is 6.07 Å². The first-order valence-corrected chi connectivity index (χ1v) is 5.29. The average Bonchev–Trinajstić information content (AvgIpc) is 2.28. The first-order chi connectivity index (χ1) is 8.13. The van der Waals surface area contributed by atoms with Crippen LogP contribution in [0.4, 0.5) is 4.39 Å². The minimum atomic E-state index is -0.364. The maximum absolute atomic E-state index is 13.0. The van der Waals surface area contributed by atoms with E-state index in [1.165, 1.54) is 19.1 Å². The minimum Gasteiger partial charge on any atom is -0.493 e. The SMILES string of the molecule is CCOc1ccc(F)cc1C#CCNC(C)=O. The molecule has 3 nitrogen and oxygen atoms in total. The van der Waals surface area contributed by atoms with Crippen LogP contribution in [0.1, 0.15) is 19.4 Å². The fourth-order valence-electron chi connectivity index (χ4n) is 1.19. The number of nitrogens with one attached hydrogen (secondary N) is 1. The normalized spacial score (nSPS) is 9.12. The Balaban J connectivity index is 2.80. The summed E-state index contributed by atoms with van der Waals surface area (Å²) in [6.07, 6.45) is 0. The van der Waals surface area contributed by atoms with E-state index >= 15 is 0 Å². The first kappa shape index (κ1) is 13.0. The van der Waals surface area contributed by atoms with Crippen LogP contribution in [0.3, 0.4) is 0 Å². The quantitative estimate of drug-likeness (QED) is 0.810. The summed E-state index contributed by atoms with van der Waals surface area (Å²) in [5, 5.41) is 2.53. The molecule has 4 heteroatoms. The van der Waals surface area contributed by atoms with Crippen molar-refractivity contribution in [2.45, 2.75) is 13.8 Å². The lowest BCUT2D eigenvalue weighted by molar-refractivity contribution is -0.118. The van der Waals surface area contributed by atoms with Gasteiger partial charge in [-0.15, -0.1) is 0 Å². The molecule has 0 saturated heterocycles. The van der Waals surface area contributed by atoms with Crippen molar-refractivity contribution in [3.05, 3.63) is 29.6 Å². The second-order valence-corrected chi connectivity index (χ2v) is 3.29. The summed E-state index contributed by atoms with van der Waals surface area (Å²) >= 11 is 0. The largest absolute Gasteiger partial charge is 0.493 e. The lowest BCUT2D eigenvalue weighted by Crippen LogP contribution is -2.19. The van der Waals surface area contributed by atoms with Gasteiger partial charge in [-0.2, -0.15) is 0 Å². The van der Waals surface area contributed by atoms with Crippen LogP contribution in [0.25, 0.3) is 0 Å². The van der Waals surface area contributed by atoms with Gasteiger partial charge in [0, 0.05) is 6.92 Å². The molecule has 0 bridgehead atoms. The fourth-order valence-corrected chi connectivity index (χ4v) is 1.19. The van der Waals surface area contributed by atoms with E-state index in [1.807, 2.05) is 6.92 Å². The Hall–Kier alpha value is -2.02. The second kappa shape index (κ2) is 6.54. The van der Waals surface area contributed by atoms with Crippen LogP contribution < -0.4 is 10.1 Å². The van der Waals surface area contributed by atoms with E-state index in [0.29, 0.717) is 17.9 Å². The van der Waals surface area contributed by atoms with Gasteiger partial charge in [-0.05, 0) is 25.1 Å². The number of hydrogen-bond donors (Lipinski definition) is 1. The van der Waals surface area contributed by atoms with Crippen LogP contribution in [0, 0.1) is 17.7 Å². The molecule has 1 N–H and O–H groups in total. The third kappa shape index (κ3) is 4.56. The maximum Gasteiger partial charge on any atom is 0.217 e. The number of carbonyl (C=O) groups excluding carboxylic acids is 1. The van der Waals surface area contributed by atoms with Gasteiger partial charge in [-0.3, -0.25) is 4.79 Å². The Morgan fingerprint density at radius 2 is 2.29 bits per heavy atom. The lowest BCUT2D eigenvalue weighted by atomic mass is 10.2. The molecule has 0 unspecified atom stereocenters. The molecule has 1 aromatic rings. The Morgan fingerprint density at radius 1 is 1.53 bits per heavy atom. The lowest BCUT2D eigenvalue weighted by Gasteiger charge is -2.05. The van der Waals surface area contributed by atoms with E-state index in [4.69, 9.17) is 4.74 Å². The molecule has 1 rings (SSSR count). The van der Waals surface area contributed by atoms with Gasteiger partial charge in [0.1, 0.15) is 11.6 Å². The Kier molecular flexibility index (Phi) is 5.02. The van der Waals surface area contributed by atoms with Crippen molar-refractivity contribution in [3.8, 4) is 17.6 Å². The maximum atomic E-state index is 13.0. The van der Waals surface area contributed by atoms with Crippen molar-refractivity contribution >= 4 is 5.91 Å². The monoisotopic (exact) mass is 235 g/mol. The third-order valence-corrected chi connectivity index (χ3v) is 1.89. The smallest absolute Gasteiger partial charge is 0.217 e. The van der Waals surface area contributed by atoms with E-state index in [9.17, 15) is 9.18 Å². The van der Waals surface area contributed by atoms with E-state index in [2.05, 4.69) is 17.2 Å². The molecular weight excluding hydrogens is 221 g/mol. The van der Waals surface area contributed by atoms with Crippen LogP contribution in [-0.2, 0) is 4.79 Å². The Morgan fingerprint density at radius 3 is 2.94 bits per heavy atom. The molecule has 0 aliphatic carbocycles. The molecule has 0 radical (unpaired) electrons. The summed E-state index contributed by atoms with van der Waals surface area (Å²) < 4.78 is 18.3. The zero-order chi connectivity index (χ0) is 12.7. The van der Waals surface area contributed by atoms with Crippen LogP contribution in [-0.4, -0.2) is 19.1 Å². The zero-order valence-electron chi connectivity index (χ0n) is 9.84. The highest BCUT2D eigenvalue weighted by molar-refractivity contribution is 5.73. The van der Waals surface area contributed by atoms with Crippen molar-refractivity contribution in [1.82, 2.24) is 5.32 Å². The minimum absolute atomic E-state index is 0.149. The molecule has 0 spiro atoms. The van der Waals surface area contributed by atoms with Gasteiger partial charge in [-0.1, -0.05) is 11.8 Å². The van der Waals surface area contributed by atoms with E-state index in [0.717, 1.165) is 0 Å². The first-order valence-electron chi connectivity index (χ1n) is 5.29.